The average Bonchev–Trinajstić information content (AvgIpc) is 1.97. The van der Waals surface area contributed by atoms with Crippen LogP contribution in [0, 0.1) is 11.8 Å². The van der Waals surface area contributed by atoms with E-state index in [4.69, 9.17) is 0 Å². The van der Waals surface area contributed by atoms with Gasteiger partial charge in [-0.2, -0.15) is 0 Å². The van der Waals surface area contributed by atoms with Crippen molar-refractivity contribution in [1.82, 2.24) is 4.90 Å². The Morgan fingerprint density at radius 2 is 1.91 bits per heavy atom. The second-order valence-electron chi connectivity index (χ2n) is 3.59. The first kappa shape index (κ1) is 8.38. The van der Waals surface area contributed by atoms with E-state index in [0.717, 1.165) is 6.42 Å². The third kappa shape index (κ3) is 1.32. The van der Waals surface area contributed by atoms with E-state index < -0.39 is 0 Å². The third-order valence-electron chi connectivity index (χ3n) is 2.84. The summed E-state index contributed by atoms with van der Waals surface area (Å²) < 4.78 is 0. The predicted molar refractivity (Wildman–Crippen MR) is 49.0 cm³/mol. The highest BCUT2D eigenvalue weighted by atomic mass is 15.1. The molecule has 11 heavy (non-hydrogen) atoms. The van der Waals surface area contributed by atoms with Crippen molar-refractivity contribution in [3.05, 3.63) is 24.6 Å². The average molecular weight is 151 g/mol. The zero-order valence-corrected chi connectivity index (χ0v) is 7.72. The number of hydrogen-bond donors (Lipinski definition) is 0. The van der Waals surface area contributed by atoms with Gasteiger partial charge in [-0.25, -0.2) is 0 Å². The van der Waals surface area contributed by atoms with E-state index in [0.29, 0.717) is 11.8 Å². The third-order valence-corrected chi connectivity index (χ3v) is 2.84. The summed E-state index contributed by atoms with van der Waals surface area (Å²) in [7, 11) is 2.05. The van der Waals surface area contributed by atoms with Gasteiger partial charge in [-0.05, 0) is 18.3 Å². The summed E-state index contributed by atoms with van der Waals surface area (Å²) in [4.78, 5) is 2.12. The Balaban J connectivity index is 2.79. The van der Waals surface area contributed by atoms with Gasteiger partial charge in [0.05, 0.1) is 0 Å². The Hall–Kier alpha value is -0.720. The topological polar surface area (TPSA) is 3.24 Å². The molecule has 0 radical (unpaired) electrons. The molecule has 1 unspecified atom stereocenters. The first-order valence-electron chi connectivity index (χ1n) is 4.14. The summed E-state index contributed by atoms with van der Waals surface area (Å²) in [5.74, 6) is 1.30. The minimum Gasteiger partial charge on any atom is -0.353 e. The predicted octanol–water partition coefficient (Wildman–Crippen LogP) is 2.62. The molecule has 0 aromatic rings. The molecule has 1 nitrogen and oxygen atoms in total. The van der Waals surface area contributed by atoms with Crippen LogP contribution in [0.4, 0.5) is 0 Å². The van der Waals surface area contributed by atoms with Crippen molar-refractivity contribution in [2.24, 2.45) is 11.8 Å². The van der Waals surface area contributed by atoms with Crippen molar-refractivity contribution in [3.8, 4) is 0 Å². The molecule has 0 aliphatic carbocycles. The van der Waals surface area contributed by atoms with Gasteiger partial charge < -0.3 is 4.90 Å². The molecule has 0 amide bonds. The molecule has 0 aromatic heterocycles. The standard InChI is InChI=1S/C10H17N/c1-7-6-8(2)11(5)10(4)9(7)3/h7,9H,2,4,6H2,1,3,5H3/t7-,9?/m1/s1. The molecule has 1 heterocycles. The molecule has 2 atom stereocenters. The lowest BCUT2D eigenvalue weighted by molar-refractivity contribution is 0.283. The summed E-state index contributed by atoms with van der Waals surface area (Å²) >= 11 is 0. The van der Waals surface area contributed by atoms with E-state index >= 15 is 0 Å². The van der Waals surface area contributed by atoms with E-state index in [1.54, 1.807) is 0 Å². The van der Waals surface area contributed by atoms with Crippen LogP contribution < -0.4 is 0 Å². The second kappa shape index (κ2) is 2.72. The molecule has 1 fully saturated rings. The number of piperidine rings is 1. The fourth-order valence-corrected chi connectivity index (χ4v) is 1.52. The second-order valence-corrected chi connectivity index (χ2v) is 3.59. The van der Waals surface area contributed by atoms with Crippen LogP contribution in [0.2, 0.25) is 0 Å². The SMILES string of the molecule is C=C1C[C@@H](C)C(C)C(=C)N1C. The summed E-state index contributed by atoms with van der Waals surface area (Å²) in [5.41, 5.74) is 2.40. The van der Waals surface area contributed by atoms with Crippen LogP contribution >= 0.6 is 0 Å². The minimum atomic E-state index is 0.602. The minimum absolute atomic E-state index is 0.602. The van der Waals surface area contributed by atoms with Crippen molar-refractivity contribution in [3.63, 3.8) is 0 Å². The Labute approximate surface area is 69.4 Å². The molecule has 0 aromatic carbocycles. The summed E-state index contributed by atoms with van der Waals surface area (Å²) in [6.45, 7) is 12.5. The lowest BCUT2D eigenvalue weighted by Gasteiger charge is -2.37. The largest absolute Gasteiger partial charge is 0.353 e. The number of likely N-dealkylation sites (tertiary alicyclic amines) is 1. The van der Waals surface area contributed by atoms with E-state index in [9.17, 15) is 0 Å². The molecule has 0 spiro atoms. The van der Waals surface area contributed by atoms with Crippen LogP contribution in [-0.4, -0.2) is 11.9 Å². The fourth-order valence-electron chi connectivity index (χ4n) is 1.52. The van der Waals surface area contributed by atoms with Gasteiger partial charge in [0.2, 0.25) is 0 Å². The molecule has 0 N–H and O–H groups in total. The Morgan fingerprint density at radius 3 is 2.45 bits per heavy atom. The molecular weight excluding hydrogens is 134 g/mol. The zero-order valence-electron chi connectivity index (χ0n) is 7.72. The maximum atomic E-state index is 4.04. The molecule has 1 rings (SSSR count). The molecular formula is C10H17N. The van der Waals surface area contributed by atoms with Crippen LogP contribution in [0.1, 0.15) is 20.3 Å². The molecule has 1 aliphatic rings. The van der Waals surface area contributed by atoms with Gasteiger partial charge in [-0.3, -0.25) is 0 Å². The van der Waals surface area contributed by atoms with E-state index in [1.165, 1.54) is 11.4 Å². The summed E-state index contributed by atoms with van der Waals surface area (Å²) in [5, 5.41) is 0. The number of nitrogens with zero attached hydrogens (tertiary/aromatic N) is 1. The maximum Gasteiger partial charge on any atom is 0.0132 e. The van der Waals surface area contributed by atoms with E-state index in [2.05, 4.69) is 31.9 Å². The summed E-state index contributed by atoms with van der Waals surface area (Å²) in [6, 6.07) is 0. The molecule has 1 aliphatic heterocycles. The van der Waals surface area contributed by atoms with Gasteiger partial charge >= 0.3 is 0 Å². The van der Waals surface area contributed by atoms with Crippen LogP contribution in [0.5, 0.6) is 0 Å². The van der Waals surface area contributed by atoms with Gasteiger partial charge in [-0.1, -0.05) is 27.0 Å². The molecule has 0 saturated carbocycles. The summed E-state index contributed by atoms with van der Waals surface area (Å²) in [6.07, 6.45) is 1.11. The Bertz CT molecular complexity index is 193. The van der Waals surface area contributed by atoms with Crippen molar-refractivity contribution in [2.75, 3.05) is 7.05 Å². The Morgan fingerprint density at radius 1 is 1.36 bits per heavy atom. The Kier molecular flexibility index (Phi) is 2.08. The van der Waals surface area contributed by atoms with Crippen LogP contribution in [-0.2, 0) is 0 Å². The van der Waals surface area contributed by atoms with Gasteiger partial charge in [0.1, 0.15) is 0 Å². The van der Waals surface area contributed by atoms with Crippen molar-refractivity contribution < 1.29 is 0 Å². The smallest absolute Gasteiger partial charge is 0.0132 e. The van der Waals surface area contributed by atoms with Gasteiger partial charge in [0.25, 0.3) is 0 Å². The zero-order chi connectivity index (χ0) is 8.59. The van der Waals surface area contributed by atoms with Gasteiger partial charge in [-0.15, -0.1) is 0 Å². The molecule has 0 bridgehead atoms. The van der Waals surface area contributed by atoms with Crippen molar-refractivity contribution in [1.29, 1.82) is 0 Å². The number of allylic oxidation sites excluding steroid dienone is 2. The van der Waals surface area contributed by atoms with E-state index in [1.807, 2.05) is 7.05 Å². The lowest BCUT2D eigenvalue weighted by atomic mass is 9.85. The molecule has 1 saturated heterocycles. The normalized spacial score (nSPS) is 32.8. The van der Waals surface area contributed by atoms with Gasteiger partial charge in [0.15, 0.2) is 0 Å². The van der Waals surface area contributed by atoms with Crippen LogP contribution in [0.15, 0.2) is 24.6 Å². The first-order chi connectivity index (χ1) is 5.04. The number of rotatable bonds is 0. The highest BCUT2D eigenvalue weighted by Gasteiger charge is 2.25. The maximum absolute atomic E-state index is 4.04. The van der Waals surface area contributed by atoms with Crippen LogP contribution in [0.3, 0.4) is 0 Å². The fraction of sp³-hybridized carbons (Fsp3) is 0.600. The highest BCUT2D eigenvalue weighted by Crippen LogP contribution is 2.34. The lowest BCUT2D eigenvalue weighted by Crippen LogP contribution is -2.30. The van der Waals surface area contributed by atoms with Crippen molar-refractivity contribution >= 4 is 0 Å². The molecule has 1 heteroatoms. The highest BCUT2D eigenvalue weighted by molar-refractivity contribution is 5.14. The first-order valence-corrected chi connectivity index (χ1v) is 4.14. The monoisotopic (exact) mass is 151 g/mol. The van der Waals surface area contributed by atoms with Gasteiger partial charge in [0, 0.05) is 18.4 Å². The van der Waals surface area contributed by atoms with E-state index in [-0.39, 0.29) is 0 Å². The van der Waals surface area contributed by atoms with Crippen LogP contribution in [0.25, 0.3) is 0 Å². The van der Waals surface area contributed by atoms with Crippen molar-refractivity contribution in [2.45, 2.75) is 20.3 Å². The molecule has 62 valence electrons. The number of hydrogen-bond acceptors (Lipinski definition) is 1. The quantitative estimate of drug-likeness (QED) is 0.514.